The highest BCUT2D eigenvalue weighted by Crippen LogP contribution is 2.36. The van der Waals surface area contributed by atoms with Crippen LogP contribution in [0, 0.1) is 5.82 Å². The Balaban J connectivity index is 1.57. The zero-order valence-corrected chi connectivity index (χ0v) is 16.5. The first-order chi connectivity index (χ1) is 13.7. The number of halogens is 2. The van der Waals surface area contributed by atoms with E-state index in [0.29, 0.717) is 23.3 Å². The highest BCUT2D eigenvalue weighted by Gasteiger charge is 2.53. The van der Waals surface area contributed by atoms with Gasteiger partial charge in [0, 0.05) is 30.6 Å². The van der Waals surface area contributed by atoms with Crippen molar-refractivity contribution in [1.82, 2.24) is 4.90 Å². The van der Waals surface area contributed by atoms with Crippen LogP contribution in [0.15, 0.2) is 52.5 Å². The predicted molar refractivity (Wildman–Crippen MR) is 103 cm³/mol. The molecule has 1 N–H and O–H groups in total. The molecule has 2 aliphatic heterocycles. The topological polar surface area (TPSA) is 79.2 Å². The molecule has 1 saturated heterocycles. The molecule has 0 aliphatic carbocycles. The molecular formula is C20H20F2N2O4S. The number of hydrogen-bond acceptors (Lipinski definition) is 6. The summed E-state index contributed by atoms with van der Waals surface area (Å²) in [5, 5.41) is 10.7. The second-order valence-corrected chi connectivity index (χ2v) is 9.64. The van der Waals surface area contributed by atoms with Crippen LogP contribution in [-0.4, -0.2) is 62.0 Å². The molecule has 0 aromatic heterocycles. The van der Waals surface area contributed by atoms with Crippen LogP contribution in [0.25, 0.3) is 11.1 Å². The third-order valence-electron chi connectivity index (χ3n) is 5.21. The maximum atomic E-state index is 14.7. The number of benzene rings is 2. The molecule has 2 aromatic carbocycles. The summed E-state index contributed by atoms with van der Waals surface area (Å²) in [6.45, 7) is -0.505. The highest BCUT2D eigenvalue weighted by atomic mass is 32.2. The van der Waals surface area contributed by atoms with E-state index in [1.54, 1.807) is 24.1 Å². The van der Waals surface area contributed by atoms with Gasteiger partial charge >= 0.3 is 0 Å². The number of alkyl halides is 1. The van der Waals surface area contributed by atoms with Gasteiger partial charge in [0.15, 0.2) is 6.10 Å². The summed E-state index contributed by atoms with van der Waals surface area (Å²) in [6, 6.07) is 10.1. The molecule has 2 aromatic rings. The molecule has 0 spiro atoms. The number of rotatable bonds is 5. The number of aliphatic hydroxyl groups is 1. The van der Waals surface area contributed by atoms with E-state index >= 15 is 0 Å². The summed E-state index contributed by atoms with van der Waals surface area (Å²) in [7, 11) is -2.47. The standard InChI is InChI=1S/C20H20F2N2O4S/c1-24-11-20(22,12-24)29(26,27)16-5-2-13(3-6-16)17-7-4-14(8-18(17)21)19-9-15(10-25)28-23-19/h2-8,15,25H,9-12H2,1H3/t15-/m1/s1. The molecule has 4 rings (SSSR count). The quantitative estimate of drug-likeness (QED) is 0.800. The predicted octanol–water partition coefficient (Wildman–Crippen LogP) is 2.36. The van der Waals surface area contributed by atoms with Gasteiger partial charge in [-0.25, -0.2) is 17.2 Å². The van der Waals surface area contributed by atoms with Crippen LogP contribution < -0.4 is 0 Å². The second-order valence-electron chi connectivity index (χ2n) is 7.43. The summed E-state index contributed by atoms with van der Waals surface area (Å²) in [6.07, 6.45) is -0.0290. The van der Waals surface area contributed by atoms with Crippen molar-refractivity contribution in [1.29, 1.82) is 0 Å². The smallest absolute Gasteiger partial charge is 0.240 e. The zero-order valence-electron chi connectivity index (χ0n) is 15.7. The van der Waals surface area contributed by atoms with E-state index < -0.39 is 26.8 Å². The molecule has 2 heterocycles. The van der Waals surface area contributed by atoms with Gasteiger partial charge in [0.25, 0.3) is 0 Å². The van der Waals surface area contributed by atoms with E-state index in [4.69, 9.17) is 9.94 Å². The van der Waals surface area contributed by atoms with Gasteiger partial charge in [0.2, 0.25) is 14.8 Å². The minimum absolute atomic E-state index is 0.124. The van der Waals surface area contributed by atoms with Crippen LogP contribution in [0.4, 0.5) is 8.78 Å². The maximum Gasteiger partial charge on any atom is 0.240 e. The lowest BCUT2D eigenvalue weighted by Gasteiger charge is -2.41. The number of aliphatic hydroxyl groups excluding tert-OH is 1. The minimum Gasteiger partial charge on any atom is -0.392 e. The van der Waals surface area contributed by atoms with Crippen LogP contribution in [0.5, 0.6) is 0 Å². The summed E-state index contributed by atoms with van der Waals surface area (Å²) in [5.74, 6) is -0.504. The van der Waals surface area contributed by atoms with E-state index in [1.165, 1.54) is 30.3 Å². The summed E-state index contributed by atoms with van der Waals surface area (Å²) in [5.41, 5.74) is 1.86. The molecule has 1 fully saturated rings. The largest absolute Gasteiger partial charge is 0.392 e. The van der Waals surface area contributed by atoms with Crippen molar-refractivity contribution in [3.05, 3.63) is 53.8 Å². The van der Waals surface area contributed by atoms with Crippen molar-refractivity contribution in [2.24, 2.45) is 5.16 Å². The molecule has 0 bridgehead atoms. The number of oxime groups is 1. The number of likely N-dealkylation sites (tertiary alicyclic amines) is 1. The van der Waals surface area contributed by atoms with Gasteiger partial charge in [-0.2, -0.15) is 0 Å². The Morgan fingerprint density at radius 3 is 2.41 bits per heavy atom. The molecule has 0 amide bonds. The van der Waals surface area contributed by atoms with Crippen LogP contribution in [0.3, 0.4) is 0 Å². The average Bonchev–Trinajstić information content (AvgIpc) is 3.16. The molecule has 0 unspecified atom stereocenters. The first-order valence-corrected chi connectivity index (χ1v) is 10.6. The molecule has 0 radical (unpaired) electrons. The van der Waals surface area contributed by atoms with Gasteiger partial charge in [-0.05, 0) is 30.8 Å². The van der Waals surface area contributed by atoms with Crippen LogP contribution in [0.1, 0.15) is 12.0 Å². The molecular weight excluding hydrogens is 402 g/mol. The third-order valence-corrected chi connectivity index (χ3v) is 7.32. The van der Waals surface area contributed by atoms with Crippen molar-refractivity contribution in [3.8, 4) is 11.1 Å². The molecule has 1 atom stereocenters. The Morgan fingerprint density at radius 1 is 1.21 bits per heavy atom. The monoisotopic (exact) mass is 422 g/mol. The van der Waals surface area contributed by atoms with Crippen molar-refractivity contribution < 1.29 is 27.1 Å². The van der Waals surface area contributed by atoms with Crippen molar-refractivity contribution in [2.75, 3.05) is 26.7 Å². The van der Waals surface area contributed by atoms with Gasteiger partial charge in [0.05, 0.1) is 17.2 Å². The van der Waals surface area contributed by atoms with Gasteiger partial charge in [-0.15, -0.1) is 0 Å². The van der Waals surface area contributed by atoms with Crippen molar-refractivity contribution in [2.45, 2.75) is 22.4 Å². The molecule has 2 aliphatic rings. The van der Waals surface area contributed by atoms with E-state index in [0.717, 1.165) is 0 Å². The normalized spacial score (nSPS) is 21.4. The number of nitrogens with zero attached hydrogens (tertiary/aromatic N) is 2. The van der Waals surface area contributed by atoms with E-state index in [1.807, 2.05) is 0 Å². The zero-order chi connectivity index (χ0) is 20.8. The molecule has 9 heteroatoms. The van der Waals surface area contributed by atoms with E-state index in [-0.39, 0.29) is 30.2 Å². The molecule has 0 saturated carbocycles. The van der Waals surface area contributed by atoms with Crippen molar-refractivity contribution >= 4 is 15.5 Å². The van der Waals surface area contributed by atoms with Gasteiger partial charge in [-0.1, -0.05) is 29.4 Å². The highest BCUT2D eigenvalue weighted by molar-refractivity contribution is 7.92. The van der Waals surface area contributed by atoms with Gasteiger partial charge in [0.1, 0.15) is 5.82 Å². The molecule has 29 heavy (non-hydrogen) atoms. The van der Waals surface area contributed by atoms with Crippen molar-refractivity contribution in [3.63, 3.8) is 0 Å². The lowest BCUT2D eigenvalue weighted by molar-refractivity contribution is 0.0390. The van der Waals surface area contributed by atoms with Gasteiger partial charge < -0.3 is 9.94 Å². The lowest BCUT2D eigenvalue weighted by Crippen LogP contribution is -2.61. The van der Waals surface area contributed by atoms with E-state index in [2.05, 4.69) is 5.16 Å². The fourth-order valence-electron chi connectivity index (χ4n) is 3.58. The lowest BCUT2D eigenvalue weighted by atomic mass is 9.99. The first kappa shape index (κ1) is 19.9. The van der Waals surface area contributed by atoms with E-state index in [9.17, 15) is 17.2 Å². The number of sulfone groups is 1. The number of hydrogen-bond donors (Lipinski definition) is 1. The van der Waals surface area contributed by atoms with Gasteiger partial charge in [-0.3, -0.25) is 4.90 Å². The minimum atomic E-state index is -4.12. The average molecular weight is 422 g/mol. The Kier molecular flexibility index (Phi) is 4.92. The summed E-state index contributed by atoms with van der Waals surface area (Å²) in [4.78, 5) is 6.51. The van der Waals surface area contributed by atoms with Crippen LogP contribution in [-0.2, 0) is 14.7 Å². The second kappa shape index (κ2) is 7.16. The molecule has 154 valence electrons. The van der Waals surface area contributed by atoms with Crippen LogP contribution in [0.2, 0.25) is 0 Å². The summed E-state index contributed by atoms with van der Waals surface area (Å²) >= 11 is 0. The Bertz CT molecular complexity index is 1060. The van der Waals surface area contributed by atoms with Crippen LogP contribution >= 0.6 is 0 Å². The molecule has 6 nitrogen and oxygen atoms in total. The Morgan fingerprint density at radius 2 is 1.86 bits per heavy atom. The third kappa shape index (κ3) is 3.43. The summed E-state index contributed by atoms with van der Waals surface area (Å²) < 4.78 is 54.3. The Hall–Kier alpha value is -2.36. The Labute approximate surface area is 167 Å². The first-order valence-electron chi connectivity index (χ1n) is 9.09. The fourth-order valence-corrected chi connectivity index (χ4v) is 5.28. The SMILES string of the molecule is CN1CC(F)(S(=O)(=O)c2ccc(-c3ccc(C4=NO[C@@H](CO)C4)cc3F)cc2)C1. The maximum absolute atomic E-state index is 14.7. The fraction of sp³-hybridized carbons (Fsp3) is 0.350.